The van der Waals surface area contributed by atoms with Crippen LogP contribution in [-0.2, 0) is 5.54 Å². The van der Waals surface area contributed by atoms with E-state index < -0.39 is 0 Å². The van der Waals surface area contributed by atoms with Crippen LogP contribution in [0.5, 0.6) is 0 Å². The van der Waals surface area contributed by atoms with Gasteiger partial charge in [0.25, 0.3) is 0 Å². The SMILES string of the molecule is CCNC1(c2nccs2)CCCCC1C(C)(C)C. The molecule has 2 nitrogen and oxygen atoms in total. The largest absolute Gasteiger partial charge is 0.305 e. The van der Waals surface area contributed by atoms with E-state index in [0.717, 1.165) is 6.54 Å². The maximum atomic E-state index is 4.65. The van der Waals surface area contributed by atoms with Gasteiger partial charge in [-0.3, -0.25) is 0 Å². The number of aromatic nitrogens is 1. The Morgan fingerprint density at radius 2 is 2.22 bits per heavy atom. The van der Waals surface area contributed by atoms with Gasteiger partial charge in [0.05, 0.1) is 5.54 Å². The van der Waals surface area contributed by atoms with Crippen molar-refractivity contribution in [1.82, 2.24) is 10.3 Å². The molecule has 2 rings (SSSR count). The van der Waals surface area contributed by atoms with E-state index in [-0.39, 0.29) is 5.54 Å². The third-order valence-electron chi connectivity index (χ3n) is 4.26. The highest BCUT2D eigenvalue weighted by molar-refractivity contribution is 7.09. The average Bonchev–Trinajstić information content (AvgIpc) is 2.82. The third-order valence-corrected chi connectivity index (χ3v) is 5.21. The molecule has 1 aromatic heterocycles. The molecular formula is C15H26N2S. The van der Waals surface area contributed by atoms with Crippen LogP contribution in [0, 0.1) is 11.3 Å². The lowest BCUT2D eigenvalue weighted by molar-refractivity contribution is 0.0490. The molecule has 0 radical (unpaired) electrons. The summed E-state index contributed by atoms with van der Waals surface area (Å²) >= 11 is 1.81. The highest BCUT2D eigenvalue weighted by atomic mass is 32.1. The molecule has 1 aliphatic rings. The molecule has 0 bridgehead atoms. The van der Waals surface area contributed by atoms with E-state index in [1.165, 1.54) is 30.7 Å². The van der Waals surface area contributed by atoms with E-state index in [1.807, 2.05) is 17.5 Å². The molecule has 2 unspecified atom stereocenters. The number of rotatable bonds is 3. The smallest absolute Gasteiger partial charge is 0.113 e. The summed E-state index contributed by atoms with van der Waals surface area (Å²) in [4.78, 5) is 4.65. The van der Waals surface area contributed by atoms with Crippen LogP contribution in [0.25, 0.3) is 0 Å². The van der Waals surface area contributed by atoms with Crippen molar-refractivity contribution in [3.8, 4) is 0 Å². The van der Waals surface area contributed by atoms with Crippen LogP contribution in [0.4, 0.5) is 0 Å². The normalized spacial score (nSPS) is 29.4. The quantitative estimate of drug-likeness (QED) is 0.887. The minimum atomic E-state index is 0.111. The first kappa shape index (κ1) is 14.0. The fraction of sp³-hybridized carbons (Fsp3) is 0.800. The Hall–Kier alpha value is -0.410. The lowest BCUT2D eigenvalue weighted by Crippen LogP contribution is -2.54. The molecule has 0 amide bonds. The van der Waals surface area contributed by atoms with E-state index in [0.29, 0.717) is 11.3 Å². The summed E-state index contributed by atoms with van der Waals surface area (Å²) in [5.41, 5.74) is 0.438. The van der Waals surface area contributed by atoms with Crippen LogP contribution in [0.2, 0.25) is 0 Å². The molecule has 102 valence electrons. The summed E-state index contributed by atoms with van der Waals surface area (Å²) in [5.74, 6) is 0.671. The van der Waals surface area contributed by atoms with Crippen LogP contribution in [-0.4, -0.2) is 11.5 Å². The van der Waals surface area contributed by atoms with E-state index in [1.54, 1.807) is 0 Å². The molecule has 0 spiro atoms. The standard InChI is InChI=1S/C15H26N2S/c1-5-17-15(13-16-10-11-18-13)9-7-6-8-12(15)14(2,3)4/h10-12,17H,5-9H2,1-4H3. The predicted octanol–water partition coefficient (Wildman–Crippen LogP) is 4.18. The Bertz CT molecular complexity index is 362. The molecule has 1 heterocycles. The second-order valence-electron chi connectivity index (χ2n) is 6.50. The first-order valence-corrected chi connectivity index (χ1v) is 8.03. The average molecular weight is 266 g/mol. The van der Waals surface area contributed by atoms with Crippen molar-refractivity contribution < 1.29 is 0 Å². The fourth-order valence-electron chi connectivity index (χ4n) is 3.65. The predicted molar refractivity (Wildman–Crippen MR) is 78.9 cm³/mol. The van der Waals surface area contributed by atoms with Crippen molar-refractivity contribution in [2.24, 2.45) is 11.3 Å². The minimum absolute atomic E-state index is 0.111. The van der Waals surface area contributed by atoms with Gasteiger partial charge in [-0.25, -0.2) is 4.98 Å². The van der Waals surface area contributed by atoms with E-state index in [9.17, 15) is 0 Å². The number of nitrogens with zero attached hydrogens (tertiary/aromatic N) is 1. The molecule has 1 saturated carbocycles. The van der Waals surface area contributed by atoms with Crippen LogP contribution in [0.1, 0.15) is 58.4 Å². The van der Waals surface area contributed by atoms with E-state index in [2.05, 4.69) is 43.4 Å². The summed E-state index contributed by atoms with van der Waals surface area (Å²) in [6.45, 7) is 10.4. The van der Waals surface area contributed by atoms with E-state index >= 15 is 0 Å². The van der Waals surface area contributed by atoms with Crippen LogP contribution in [0.15, 0.2) is 11.6 Å². The zero-order chi connectivity index (χ0) is 13.2. The summed E-state index contributed by atoms with van der Waals surface area (Å²) in [5, 5.41) is 7.21. The maximum Gasteiger partial charge on any atom is 0.113 e. The molecular weight excluding hydrogens is 240 g/mol. The van der Waals surface area contributed by atoms with Gasteiger partial charge in [0.2, 0.25) is 0 Å². The molecule has 3 heteroatoms. The van der Waals surface area contributed by atoms with Crippen LogP contribution in [0.3, 0.4) is 0 Å². The third kappa shape index (κ3) is 2.48. The zero-order valence-electron chi connectivity index (χ0n) is 12.1. The van der Waals surface area contributed by atoms with Crippen molar-refractivity contribution in [3.05, 3.63) is 16.6 Å². The van der Waals surface area contributed by atoms with Gasteiger partial charge in [0, 0.05) is 11.6 Å². The van der Waals surface area contributed by atoms with Gasteiger partial charge in [0.1, 0.15) is 5.01 Å². The van der Waals surface area contributed by atoms with Gasteiger partial charge in [-0.1, -0.05) is 40.5 Å². The lowest BCUT2D eigenvalue weighted by Gasteiger charge is -2.49. The summed E-state index contributed by atoms with van der Waals surface area (Å²) in [6.07, 6.45) is 7.18. The number of thiazole rings is 1. The molecule has 0 aliphatic heterocycles. The van der Waals surface area contributed by atoms with Gasteiger partial charge in [-0.15, -0.1) is 11.3 Å². The molecule has 0 aromatic carbocycles. The first-order valence-electron chi connectivity index (χ1n) is 7.15. The Balaban J connectivity index is 2.42. The molecule has 2 atom stereocenters. The van der Waals surface area contributed by atoms with Crippen molar-refractivity contribution >= 4 is 11.3 Å². The molecule has 1 aliphatic carbocycles. The number of nitrogens with one attached hydrogen (secondary N) is 1. The van der Waals surface area contributed by atoms with Gasteiger partial charge in [0.15, 0.2) is 0 Å². The minimum Gasteiger partial charge on any atom is -0.305 e. The Morgan fingerprint density at radius 3 is 2.78 bits per heavy atom. The highest BCUT2D eigenvalue weighted by Crippen LogP contribution is 2.50. The highest BCUT2D eigenvalue weighted by Gasteiger charge is 2.48. The first-order chi connectivity index (χ1) is 8.50. The Labute approximate surface area is 115 Å². The van der Waals surface area contributed by atoms with Crippen LogP contribution < -0.4 is 5.32 Å². The van der Waals surface area contributed by atoms with Crippen molar-refractivity contribution in [3.63, 3.8) is 0 Å². The van der Waals surface area contributed by atoms with Crippen molar-refractivity contribution in [2.45, 2.75) is 58.9 Å². The van der Waals surface area contributed by atoms with Gasteiger partial charge in [-0.05, 0) is 30.7 Å². The van der Waals surface area contributed by atoms with Crippen LogP contribution >= 0.6 is 11.3 Å². The zero-order valence-corrected chi connectivity index (χ0v) is 12.9. The van der Waals surface area contributed by atoms with Crippen molar-refractivity contribution in [1.29, 1.82) is 0 Å². The summed E-state index contributed by atoms with van der Waals surface area (Å²) in [7, 11) is 0. The topological polar surface area (TPSA) is 24.9 Å². The monoisotopic (exact) mass is 266 g/mol. The van der Waals surface area contributed by atoms with Gasteiger partial charge >= 0.3 is 0 Å². The second-order valence-corrected chi connectivity index (χ2v) is 7.40. The number of hydrogen-bond acceptors (Lipinski definition) is 3. The Kier molecular flexibility index (Phi) is 4.12. The van der Waals surface area contributed by atoms with E-state index in [4.69, 9.17) is 0 Å². The van der Waals surface area contributed by atoms with Crippen molar-refractivity contribution in [2.75, 3.05) is 6.54 Å². The molecule has 1 fully saturated rings. The number of hydrogen-bond donors (Lipinski definition) is 1. The second kappa shape index (κ2) is 5.30. The summed E-state index contributed by atoms with van der Waals surface area (Å²) < 4.78 is 0. The molecule has 0 saturated heterocycles. The lowest BCUT2D eigenvalue weighted by atomic mass is 9.62. The fourth-order valence-corrected chi connectivity index (χ4v) is 4.55. The molecule has 1 N–H and O–H groups in total. The maximum absolute atomic E-state index is 4.65. The molecule has 18 heavy (non-hydrogen) atoms. The Morgan fingerprint density at radius 1 is 1.44 bits per heavy atom. The molecule has 1 aromatic rings. The summed E-state index contributed by atoms with van der Waals surface area (Å²) in [6, 6.07) is 0. The van der Waals surface area contributed by atoms with Gasteiger partial charge < -0.3 is 5.32 Å². The van der Waals surface area contributed by atoms with Gasteiger partial charge in [-0.2, -0.15) is 0 Å².